The normalized spacial score (nSPS) is 22.0. The van der Waals surface area contributed by atoms with Crippen LogP contribution in [0.25, 0.3) is 11.1 Å². The molecule has 0 bridgehead atoms. The Kier molecular flexibility index (Phi) is 4.74. The van der Waals surface area contributed by atoms with Crippen molar-refractivity contribution in [2.75, 3.05) is 13.1 Å². The van der Waals surface area contributed by atoms with E-state index < -0.39 is 10.0 Å². The molecule has 2 N–H and O–H groups in total. The lowest BCUT2D eigenvalue weighted by Gasteiger charge is -2.41. The first kappa shape index (κ1) is 18.1. The maximum absolute atomic E-state index is 12.9. The molecular formula is C14H21ClN4O3S. The smallest absolute Gasteiger partial charge is 0.257 e. The van der Waals surface area contributed by atoms with Crippen LogP contribution in [-0.4, -0.2) is 42.0 Å². The monoisotopic (exact) mass is 360 g/mol. The number of sulfonamides is 1. The molecule has 7 nitrogen and oxygen atoms in total. The molecule has 0 saturated carbocycles. The van der Waals surface area contributed by atoms with Crippen molar-refractivity contribution in [3.05, 3.63) is 18.0 Å². The summed E-state index contributed by atoms with van der Waals surface area (Å²) >= 11 is 0. The summed E-state index contributed by atoms with van der Waals surface area (Å²) in [6.45, 7) is 6.56. The van der Waals surface area contributed by atoms with Gasteiger partial charge < -0.3 is 10.3 Å². The zero-order chi connectivity index (χ0) is 16.1. The molecule has 0 radical (unpaired) electrons. The van der Waals surface area contributed by atoms with Gasteiger partial charge in [-0.15, -0.1) is 12.4 Å². The van der Waals surface area contributed by atoms with E-state index in [1.54, 1.807) is 13.0 Å². The van der Waals surface area contributed by atoms with Crippen molar-refractivity contribution in [2.24, 2.45) is 11.1 Å². The fraction of sp³-hybridized carbons (Fsp3) is 0.571. The Morgan fingerprint density at radius 1 is 1.43 bits per heavy atom. The molecule has 1 fully saturated rings. The Bertz CT molecular complexity index is 819. The fourth-order valence-electron chi connectivity index (χ4n) is 2.75. The van der Waals surface area contributed by atoms with E-state index in [2.05, 4.69) is 10.1 Å². The van der Waals surface area contributed by atoms with Crippen molar-refractivity contribution in [3.8, 4) is 0 Å². The average Bonchev–Trinajstić information content (AvgIpc) is 2.83. The average molecular weight is 361 g/mol. The SMILES string of the molecule is Cc1noc2ncc(S(=O)(=O)N3CCC(N)C(C)(C)C3)cc12.Cl. The predicted octanol–water partition coefficient (Wildman–Crippen LogP) is 1.70. The molecule has 2 aromatic heterocycles. The van der Waals surface area contributed by atoms with Crippen molar-refractivity contribution >= 4 is 33.5 Å². The summed E-state index contributed by atoms with van der Waals surface area (Å²) in [6, 6.07) is 1.57. The van der Waals surface area contributed by atoms with Crippen LogP contribution in [0.3, 0.4) is 0 Å². The number of pyridine rings is 1. The van der Waals surface area contributed by atoms with Gasteiger partial charge in [-0.1, -0.05) is 19.0 Å². The second kappa shape index (κ2) is 6.01. The summed E-state index contributed by atoms with van der Waals surface area (Å²) in [5.74, 6) is 0. The third-order valence-electron chi connectivity index (χ3n) is 4.40. The standard InChI is InChI=1S/C14H20N4O3S.ClH/c1-9-11-6-10(7-16-13(11)21-17-9)22(19,20)18-5-4-12(15)14(2,3)8-18;/h6-7,12H,4-5,8,15H2,1-3H3;1H. The predicted molar refractivity (Wildman–Crippen MR) is 88.9 cm³/mol. The van der Waals surface area contributed by atoms with E-state index in [1.807, 2.05) is 13.8 Å². The van der Waals surface area contributed by atoms with Crippen molar-refractivity contribution in [3.63, 3.8) is 0 Å². The minimum Gasteiger partial charge on any atom is -0.336 e. The van der Waals surface area contributed by atoms with E-state index in [-0.39, 0.29) is 28.8 Å². The van der Waals surface area contributed by atoms with Gasteiger partial charge in [-0.25, -0.2) is 13.4 Å². The van der Waals surface area contributed by atoms with Gasteiger partial charge >= 0.3 is 0 Å². The van der Waals surface area contributed by atoms with Gasteiger partial charge in [-0.2, -0.15) is 4.31 Å². The van der Waals surface area contributed by atoms with E-state index in [1.165, 1.54) is 10.5 Å². The lowest BCUT2D eigenvalue weighted by Crippen LogP contribution is -2.53. The Morgan fingerprint density at radius 2 is 2.13 bits per heavy atom. The maximum Gasteiger partial charge on any atom is 0.257 e. The first-order valence-electron chi connectivity index (χ1n) is 7.19. The molecule has 0 aromatic carbocycles. The van der Waals surface area contributed by atoms with Crippen molar-refractivity contribution in [2.45, 2.75) is 38.1 Å². The zero-order valence-corrected chi connectivity index (χ0v) is 14.9. The molecule has 1 aliphatic rings. The van der Waals surface area contributed by atoms with Gasteiger partial charge in [0.1, 0.15) is 4.90 Å². The van der Waals surface area contributed by atoms with Crippen LogP contribution in [0.5, 0.6) is 0 Å². The molecule has 1 saturated heterocycles. The highest BCUT2D eigenvalue weighted by Crippen LogP contribution is 2.31. The van der Waals surface area contributed by atoms with Crippen molar-refractivity contribution in [1.82, 2.24) is 14.4 Å². The second-order valence-corrected chi connectivity index (χ2v) is 8.45. The van der Waals surface area contributed by atoms with Gasteiger partial charge in [0.2, 0.25) is 10.0 Å². The quantitative estimate of drug-likeness (QED) is 0.874. The van der Waals surface area contributed by atoms with E-state index >= 15 is 0 Å². The molecule has 1 unspecified atom stereocenters. The first-order valence-corrected chi connectivity index (χ1v) is 8.63. The fourth-order valence-corrected chi connectivity index (χ4v) is 4.35. The van der Waals surface area contributed by atoms with Crippen LogP contribution in [0.1, 0.15) is 26.0 Å². The lowest BCUT2D eigenvalue weighted by atomic mass is 9.81. The topological polar surface area (TPSA) is 102 Å². The van der Waals surface area contributed by atoms with Crippen LogP contribution in [0.2, 0.25) is 0 Å². The van der Waals surface area contributed by atoms with Gasteiger partial charge in [-0.05, 0) is 24.8 Å². The number of hydrogen-bond donors (Lipinski definition) is 1. The molecule has 23 heavy (non-hydrogen) atoms. The number of halogens is 1. The molecule has 1 aliphatic heterocycles. The van der Waals surface area contributed by atoms with Crippen LogP contribution in [0.4, 0.5) is 0 Å². The number of hydrogen-bond acceptors (Lipinski definition) is 6. The van der Waals surface area contributed by atoms with Crippen LogP contribution >= 0.6 is 12.4 Å². The highest BCUT2D eigenvalue weighted by Gasteiger charge is 2.39. The summed E-state index contributed by atoms with van der Waals surface area (Å²) in [5, 5.41) is 4.42. The summed E-state index contributed by atoms with van der Waals surface area (Å²) in [4.78, 5) is 4.22. The molecule has 1 atom stereocenters. The summed E-state index contributed by atoms with van der Waals surface area (Å²) in [7, 11) is -3.60. The molecule has 2 aromatic rings. The Labute approximate surface area is 141 Å². The minimum atomic E-state index is -3.60. The van der Waals surface area contributed by atoms with E-state index in [9.17, 15) is 8.42 Å². The van der Waals surface area contributed by atoms with Gasteiger partial charge in [0.15, 0.2) is 0 Å². The molecule has 3 heterocycles. The number of piperidine rings is 1. The molecule has 128 valence electrons. The van der Waals surface area contributed by atoms with Crippen LogP contribution < -0.4 is 5.73 Å². The molecular weight excluding hydrogens is 340 g/mol. The van der Waals surface area contributed by atoms with E-state index in [0.29, 0.717) is 36.3 Å². The summed E-state index contributed by atoms with van der Waals surface area (Å²) in [6.07, 6.45) is 1.97. The second-order valence-electron chi connectivity index (χ2n) is 6.51. The van der Waals surface area contributed by atoms with Gasteiger partial charge in [0, 0.05) is 19.1 Å². The highest BCUT2D eigenvalue weighted by atomic mass is 35.5. The number of aromatic nitrogens is 2. The largest absolute Gasteiger partial charge is 0.336 e. The summed E-state index contributed by atoms with van der Waals surface area (Å²) in [5.41, 5.74) is 6.80. The maximum atomic E-state index is 12.9. The number of aryl methyl sites for hydroxylation is 1. The Balaban J connectivity index is 0.00000192. The van der Waals surface area contributed by atoms with Crippen molar-refractivity contribution in [1.29, 1.82) is 0 Å². The molecule has 9 heteroatoms. The van der Waals surface area contributed by atoms with Crippen LogP contribution in [0, 0.1) is 12.3 Å². The summed E-state index contributed by atoms with van der Waals surface area (Å²) < 4.78 is 32.2. The first-order chi connectivity index (χ1) is 10.2. The van der Waals surface area contributed by atoms with E-state index in [0.717, 1.165) is 0 Å². The molecule has 0 spiro atoms. The minimum absolute atomic E-state index is 0. The number of fused-ring (bicyclic) bond motifs is 1. The Hall–Kier alpha value is -1.22. The third-order valence-corrected chi connectivity index (χ3v) is 6.21. The third kappa shape index (κ3) is 3.08. The number of rotatable bonds is 2. The van der Waals surface area contributed by atoms with E-state index in [4.69, 9.17) is 10.3 Å². The van der Waals surface area contributed by atoms with Crippen LogP contribution in [-0.2, 0) is 10.0 Å². The number of nitrogens with zero attached hydrogens (tertiary/aromatic N) is 3. The Morgan fingerprint density at radius 3 is 2.78 bits per heavy atom. The van der Waals surface area contributed by atoms with Crippen molar-refractivity contribution < 1.29 is 12.9 Å². The lowest BCUT2D eigenvalue weighted by molar-refractivity contribution is 0.155. The molecule has 0 amide bonds. The molecule has 3 rings (SSSR count). The highest BCUT2D eigenvalue weighted by molar-refractivity contribution is 7.89. The van der Waals surface area contributed by atoms with Gasteiger partial charge in [0.05, 0.1) is 17.3 Å². The van der Waals surface area contributed by atoms with Gasteiger partial charge in [0.25, 0.3) is 5.71 Å². The molecule has 0 aliphatic carbocycles. The van der Waals surface area contributed by atoms with Gasteiger partial charge in [-0.3, -0.25) is 0 Å². The zero-order valence-electron chi connectivity index (χ0n) is 13.3. The van der Waals surface area contributed by atoms with Crippen LogP contribution in [0.15, 0.2) is 21.7 Å². The number of nitrogens with two attached hydrogens (primary N) is 1.